The van der Waals surface area contributed by atoms with Gasteiger partial charge >= 0.3 is 0 Å². The number of rotatable bonds is 5. The molecule has 0 aliphatic heterocycles. The van der Waals surface area contributed by atoms with E-state index in [1.54, 1.807) is 0 Å². The van der Waals surface area contributed by atoms with Gasteiger partial charge in [0.25, 0.3) is 0 Å². The van der Waals surface area contributed by atoms with E-state index in [4.69, 9.17) is 0 Å². The van der Waals surface area contributed by atoms with Crippen LogP contribution in [0.15, 0.2) is 70.0 Å². The summed E-state index contributed by atoms with van der Waals surface area (Å²) < 4.78 is 0. The zero-order valence-corrected chi connectivity index (χ0v) is 16.6. The first-order valence-electron chi connectivity index (χ1n) is 9.38. The van der Waals surface area contributed by atoms with Crippen molar-refractivity contribution in [1.82, 2.24) is 0 Å². The highest BCUT2D eigenvalue weighted by molar-refractivity contribution is 7.99. The lowest BCUT2D eigenvalue weighted by atomic mass is 9.81. The molecule has 0 saturated heterocycles. The molecule has 132 valence electrons. The maximum absolute atomic E-state index is 3.84. The van der Waals surface area contributed by atoms with Gasteiger partial charge in [0, 0.05) is 21.5 Å². The Hall–Kier alpha value is -1.67. The van der Waals surface area contributed by atoms with Crippen LogP contribution in [0.25, 0.3) is 0 Å². The molecule has 1 nitrogen and oxygen atoms in total. The van der Waals surface area contributed by atoms with Crippen molar-refractivity contribution in [2.45, 2.75) is 56.4 Å². The van der Waals surface area contributed by atoms with E-state index in [1.165, 1.54) is 33.0 Å². The Labute approximate surface area is 156 Å². The lowest BCUT2D eigenvalue weighted by Gasteiger charge is -2.33. The molecule has 3 unspecified atom stereocenters. The Bertz CT molecular complexity index is 749. The van der Waals surface area contributed by atoms with E-state index < -0.39 is 0 Å². The maximum atomic E-state index is 3.84. The standard InChI is InChI=1S/C23H29NS/c1-5-19-10-6-8-12-21(19)25-22-13-9-7-11-20(22)24-23-17(3)14-16(2)15-18(23)4/h6-14,16,18,23-24H,5,15H2,1-4H3. The molecule has 0 saturated carbocycles. The zero-order valence-electron chi connectivity index (χ0n) is 15.8. The van der Waals surface area contributed by atoms with Gasteiger partial charge in [-0.2, -0.15) is 0 Å². The van der Waals surface area contributed by atoms with E-state index in [0.29, 0.717) is 17.9 Å². The van der Waals surface area contributed by atoms with Gasteiger partial charge < -0.3 is 5.32 Å². The third kappa shape index (κ3) is 4.30. The van der Waals surface area contributed by atoms with Crippen LogP contribution in [-0.2, 0) is 6.42 Å². The number of hydrogen-bond acceptors (Lipinski definition) is 2. The number of nitrogens with one attached hydrogen (secondary N) is 1. The molecule has 2 aromatic carbocycles. The van der Waals surface area contributed by atoms with Crippen LogP contribution in [0.1, 0.15) is 39.7 Å². The largest absolute Gasteiger partial charge is 0.377 e. The fourth-order valence-corrected chi connectivity index (χ4v) is 5.01. The molecule has 3 rings (SSSR count). The summed E-state index contributed by atoms with van der Waals surface area (Å²) in [4.78, 5) is 2.67. The van der Waals surface area contributed by atoms with Crippen molar-refractivity contribution in [2.24, 2.45) is 11.8 Å². The van der Waals surface area contributed by atoms with E-state index in [1.807, 2.05) is 11.8 Å². The smallest absolute Gasteiger partial charge is 0.0497 e. The molecule has 0 spiro atoms. The number of aryl methyl sites for hydroxylation is 1. The van der Waals surface area contributed by atoms with Crippen molar-refractivity contribution in [2.75, 3.05) is 5.32 Å². The first-order valence-corrected chi connectivity index (χ1v) is 10.2. The SMILES string of the molecule is CCc1ccccc1Sc1ccccc1NC1C(C)=CC(C)CC1C. The van der Waals surface area contributed by atoms with E-state index >= 15 is 0 Å². The highest BCUT2D eigenvalue weighted by atomic mass is 32.2. The summed E-state index contributed by atoms with van der Waals surface area (Å²) in [6.07, 6.45) is 4.75. The van der Waals surface area contributed by atoms with Crippen LogP contribution in [0.2, 0.25) is 0 Å². The van der Waals surface area contributed by atoms with Crippen LogP contribution in [-0.4, -0.2) is 6.04 Å². The summed E-state index contributed by atoms with van der Waals surface area (Å²) in [5.41, 5.74) is 4.14. The zero-order chi connectivity index (χ0) is 17.8. The van der Waals surface area contributed by atoms with E-state index in [2.05, 4.69) is 87.6 Å². The van der Waals surface area contributed by atoms with Crippen molar-refractivity contribution in [3.63, 3.8) is 0 Å². The highest BCUT2D eigenvalue weighted by Gasteiger charge is 2.25. The van der Waals surface area contributed by atoms with E-state index in [9.17, 15) is 0 Å². The summed E-state index contributed by atoms with van der Waals surface area (Å²) in [7, 11) is 0. The lowest BCUT2D eigenvalue weighted by molar-refractivity contribution is 0.406. The molecule has 2 heteroatoms. The molecule has 1 aliphatic rings. The summed E-state index contributed by atoms with van der Waals surface area (Å²) >= 11 is 1.88. The monoisotopic (exact) mass is 351 g/mol. The van der Waals surface area contributed by atoms with Crippen molar-refractivity contribution >= 4 is 17.4 Å². The Kier molecular flexibility index (Phi) is 5.90. The molecule has 25 heavy (non-hydrogen) atoms. The fourth-order valence-electron chi connectivity index (χ4n) is 3.90. The van der Waals surface area contributed by atoms with Gasteiger partial charge in [-0.15, -0.1) is 0 Å². The van der Waals surface area contributed by atoms with Crippen LogP contribution >= 0.6 is 11.8 Å². The predicted molar refractivity (Wildman–Crippen MR) is 110 cm³/mol. The minimum atomic E-state index is 0.430. The summed E-state index contributed by atoms with van der Waals surface area (Å²) in [5.74, 6) is 1.34. The molecule has 2 aromatic rings. The first kappa shape index (κ1) is 18.1. The van der Waals surface area contributed by atoms with Gasteiger partial charge in [0.15, 0.2) is 0 Å². The molecule has 1 aliphatic carbocycles. The predicted octanol–water partition coefficient (Wildman–Crippen LogP) is 6.80. The third-order valence-electron chi connectivity index (χ3n) is 5.12. The normalized spacial score (nSPS) is 23.2. The average Bonchev–Trinajstić information content (AvgIpc) is 2.60. The fraction of sp³-hybridized carbons (Fsp3) is 0.391. The molecule has 0 fully saturated rings. The number of hydrogen-bond donors (Lipinski definition) is 1. The third-order valence-corrected chi connectivity index (χ3v) is 6.32. The topological polar surface area (TPSA) is 12.0 Å². The second-order valence-electron chi connectivity index (χ2n) is 7.28. The van der Waals surface area contributed by atoms with Crippen LogP contribution < -0.4 is 5.32 Å². The molecule has 0 aromatic heterocycles. The van der Waals surface area contributed by atoms with E-state index in [0.717, 1.165) is 6.42 Å². The lowest BCUT2D eigenvalue weighted by Crippen LogP contribution is -2.33. The van der Waals surface area contributed by atoms with Crippen molar-refractivity contribution < 1.29 is 0 Å². The average molecular weight is 352 g/mol. The summed E-state index contributed by atoms with van der Waals surface area (Å²) in [5, 5.41) is 3.84. The number of para-hydroxylation sites is 1. The summed E-state index contributed by atoms with van der Waals surface area (Å²) in [6, 6.07) is 17.9. The van der Waals surface area contributed by atoms with Crippen LogP contribution in [0.4, 0.5) is 5.69 Å². The molecule has 1 N–H and O–H groups in total. The van der Waals surface area contributed by atoms with Gasteiger partial charge in [-0.3, -0.25) is 0 Å². The second-order valence-corrected chi connectivity index (χ2v) is 8.37. The maximum Gasteiger partial charge on any atom is 0.0497 e. The Morgan fingerprint density at radius 2 is 1.68 bits per heavy atom. The van der Waals surface area contributed by atoms with Crippen molar-refractivity contribution in [1.29, 1.82) is 0 Å². The van der Waals surface area contributed by atoms with E-state index in [-0.39, 0.29) is 0 Å². The van der Waals surface area contributed by atoms with Crippen LogP contribution in [0.5, 0.6) is 0 Å². The van der Waals surface area contributed by atoms with Crippen LogP contribution in [0, 0.1) is 11.8 Å². The quantitative estimate of drug-likeness (QED) is 0.594. The first-order chi connectivity index (χ1) is 12.1. The minimum absolute atomic E-state index is 0.430. The molecule has 0 radical (unpaired) electrons. The molecule has 0 bridgehead atoms. The van der Waals surface area contributed by atoms with Crippen molar-refractivity contribution in [3.05, 3.63) is 65.7 Å². The van der Waals surface area contributed by atoms with Gasteiger partial charge in [-0.25, -0.2) is 0 Å². The van der Waals surface area contributed by atoms with Crippen LogP contribution in [0.3, 0.4) is 0 Å². The van der Waals surface area contributed by atoms with Gasteiger partial charge in [0.1, 0.15) is 0 Å². The van der Waals surface area contributed by atoms with Gasteiger partial charge in [0.05, 0.1) is 0 Å². The molecule has 0 amide bonds. The minimum Gasteiger partial charge on any atom is -0.377 e. The summed E-state index contributed by atoms with van der Waals surface area (Å²) in [6.45, 7) is 9.18. The van der Waals surface area contributed by atoms with Gasteiger partial charge in [-0.05, 0) is 55.4 Å². The Balaban J connectivity index is 1.85. The second kappa shape index (κ2) is 8.14. The Morgan fingerprint density at radius 3 is 2.40 bits per heavy atom. The number of benzene rings is 2. The highest BCUT2D eigenvalue weighted by Crippen LogP contribution is 2.38. The Morgan fingerprint density at radius 1 is 1.00 bits per heavy atom. The van der Waals surface area contributed by atoms with Gasteiger partial charge in [-0.1, -0.05) is 74.5 Å². The molecule has 0 heterocycles. The molecule has 3 atom stereocenters. The number of allylic oxidation sites excluding steroid dienone is 1. The van der Waals surface area contributed by atoms with Crippen molar-refractivity contribution in [3.8, 4) is 0 Å². The number of anilines is 1. The molecular weight excluding hydrogens is 322 g/mol. The molecular formula is C23H29NS. The van der Waals surface area contributed by atoms with Gasteiger partial charge in [0.2, 0.25) is 0 Å².